The number of amides is 1. The van der Waals surface area contributed by atoms with Gasteiger partial charge in [-0.05, 0) is 39.0 Å². The van der Waals surface area contributed by atoms with Crippen molar-refractivity contribution in [3.63, 3.8) is 0 Å². The molecule has 2 rings (SSSR count). The van der Waals surface area contributed by atoms with E-state index < -0.39 is 0 Å². The molecule has 0 atom stereocenters. The monoisotopic (exact) mass is 278 g/mol. The Bertz CT molecular complexity index is 647. The van der Waals surface area contributed by atoms with Crippen LogP contribution in [-0.4, -0.2) is 5.91 Å². The average molecular weight is 279 g/mol. The zero-order valence-corrected chi connectivity index (χ0v) is 11.8. The molecule has 0 saturated carbocycles. The number of aryl methyl sites for hydroxylation is 2. The van der Waals surface area contributed by atoms with Crippen molar-refractivity contribution >= 4 is 28.9 Å². The van der Waals surface area contributed by atoms with Gasteiger partial charge in [0, 0.05) is 11.3 Å². The first-order valence-electron chi connectivity index (χ1n) is 5.83. The van der Waals surface area contributed by atoms with E-state index in [4.69, 9.17) is 21.8 Å². The van der Waals surface area contributed by atoms with Crippen molar-refractivity contribution in [2.75, 3.05) is 11.1 Å². The van der Waals surface area contributed by atoms with Crippen molar-refractivity contribution in [3.05, 3.63) is 45.9 Å². The van der Waals surface area contributed by atoms with Gasteiger partial charge < -0.3 is 15.5 Å². The number of nitrogen functional groups attached to an aromatic ring is 1. The molecule has 1 amide bonds. The summed E-state index contributed by atoms with van der Waals surface area (Å²) in [6.45, 7) is 5.44. The maximum atomic E-state index is 12.2. The van der Waals surface area contributed by atoms with Crippen molar-refractivity contribution in [3.8, 4) is 0 Å². The Hall–Kier alpha value is -1.94. The minimum atomic E-state index is -0.237. The molecule has 1 aromatic heterocycles. The number of anilines is 2. The fourth-order valence-corrected chi connectivity index (χ4v) is 2.18. The van der Waals surface area contributed by atoms with Gasteiger partial charge in [0.25, 0.3) is 5.91 Å². The number of carbonyl (C=O) groups excluding carboxylic acids is 1. The maximum Gasteiger partial charge on any atom is 0.259 e. The van der Waals surface area contributed by atoms with Gasteiger partial charge in [-0.1, -0.05) is 11.6 Å². The molecule has 0 bridgehead atoms. The van der Waals surface area contributed by atoms with Crippen molar-refractivity contribution in [2.45, 2.75) is 20.8 Å². The summed E-state index contributed by atoms with van der Waals surface area (Å²) in [7, 11) is 0. The second-order valence-electron chi connectivity index (χ2n) is 4.41. The Morgan fingerprint density at radius 1 is 1.26 bits per heavy atom. The second-order valence-corrected chi connectivity index (χ2v) is 4.82. The average Bonchev–Trinajstić information content (AvgIpc) is 2.57. The summed E-state index contributed by atoms with van der Waals surface area (Å²) in [6, 6.07) is 4.95. The van der Waals surface area contributed by atoms with Crippen LogP contribution in [0.1, 0.15) is 27.4 Å². The van der Waals surface area contributed by atoms with Gasteiger partial charge in [0.05, 0.1) is 16.3 Å². The number of nitrogens with one attached hydrogen (secondary N) is 1. The van der Waals surface area contributed by atoms with E-state index in [1.165, 1.54) is 0 Å². The highest BCUT2D eigenvalue weighted by atomic mass is 35.5. The summed E-state index contributed by atoms with van der Waals surface area (Å²) in [5, 5.41) is 3.17. The van der Waals surface area contributed by atoms with Crippen LogP contribution in [0.3, 0.4) is 0 Å². The van der Waals surface area contributed by atoms with E-state index in [0.717, 1.165) is 11.3 Å². The topological polar surface area (TPSA) is 68.3 Å². The van der Waals surface area contributed by atoms with Gasteiger partial charge in [-0.15, -0.1) is 0 Å². The van der Waals surface area contributed by atoms with E-state index in [2.05, 4.69) is 5.32 Å². The molecule has 0 unspecified atom stereocenters. The van der Waals surface area contributed by atoms with Gasteiger partial charge in [0.15, 0.2) is 0 Å². The van der Waals surface area contributed by atoms with E-state index in [9.17, 15) is 4.79 Å². The summed E-state index contributed by atoms with van der Waals surface area (Å²) in [6.07, 6.45) is 0. The number of rotatable bonds is 2. The molecule has 2 aromatic rings. The third kappa shape index (κ3) is 2.58. The Morgan fingerprint density at radius 3 is 2.47 bits per heavy atom. The highest BCUT2D eigenvalue weighted by Gasteiger charge is 2.19. The molecule has 0 radical (unpaired) electrons. The lowest BCUT2D eigenvalue weighted by atomic mass is 10.1. The number of furan rings is 1. The fourth-order valence-electron chi connectivity index (χ4n) is 1.95. The molecule has 0 aliphatic rings. The first kappa shape index (κ1) is 13.5. The lowest BCUT2D eigenvalue weighted by Gasteiger charge is -2.08. The van der Waals surface area contributed by atoms with E-state index in [1.54, 1.807) is 25.1 Å². The van der Waals surface area contributed by atoms with Crippen molar-refractivity contribution < 1.29 is 9.21 Å². The van der Waals surface area contributed by atoms with E-state index in [1.807, 2.05) is 13.8 Å². The van der Waals surface area contributed by atoms with Gasteiger partial charge in [-0.25, -0.2) is 0 Å². The first-order chi connectivity index (χ1) is 8.90. The molecule has 0 aliphatic heterocycles. The van der Waals surface area contributed by atoms with Crippen LogP contribution in [0.4, 0.5) is 11.4 Å². The zero-order valence-electron chi connectivity index (χ0n) is 11.0. The van der Waals surface area contributed by atoms with Crippen LogP contribution >= 0.6 is 11.6 Å². The van der Waals surface area contributed by atoms with Gasteiger partial charge in [-0.2, -0.15) is 0 Å². The number of benzene rings is 1. The Kier molecular flexibility index (Phi) is 3.53. The number of hydrogen-bond donors (Lipinski definition) is 2. The van der Waals surface area contributed by atoms with Gasteiger partial charge in [0.2, 0.25) is 0 Å². The predicted molar refractivity (Wildman–Crippen MR) is 76.7 cm³/mol. The molecular formula is C14H15ClN2O2. The molecular weight excluding hydrogens is 264 g/mol. The van der Waals surface area contributed by atoms with Crippen LogP contribution in [0, 0.1) is 20.8 Å². The van der Waals surface area contributed by atoms with Crippen molar-refractivity contribution in [1.82, 2.24) is 0 Å². The molecule has 1 aromatic carbocycles. The molecule has 0 saturated heterocycles. The quantitative estimate of drug-likeness (QED) is 0.823. The van der Waals surface area contributed by atoms with Crippen LogP contribution in [0.2, 0.25) is 5.02 Å². The maximum absolute atomic E-state index is 12.2. The Morgan fingerprint density at radius 2 is 1.95 bits per heavy atom. The number of carbonyl (C=O) groups is 1. The highest BCUT2D eigenvalue weighted by molar-refractivity contribution is 6.34. The molecule has 0 spiro atoms. The third-order valence-corrected chi connectivity index (χ3v) is 3.34. The largest absolute Gasteiger partial charge is 0.466 e. The second kappa shape index (κ2) is 4.97. The minimum absolute atomic E-state index is 0.237. The molecule has 0 fully saturated rings. The van der Waals surface area contributed by atoms with E-state index >= 15 is 0 Å². The van der Waals surface area contributed by atoms with Crippen LogP contribution in [-0.2, 0) is 0 Å². The minimum Gasteiger partial charge on any atom is -0.466 e. The van der Waals surface area contributed by atoms with Gasteiger partial charge in [0.1, 0.15) is 11.5 Å². The van der Waals surface area contributed by atoms with Crippen LogP contribution in [0.25, 0.3) is 0 Å². The lowest BCUT2D eigenvalue weighted by Crippen LogP contribution is -2.14. The number of nitrogens with two attached hydrogens (primary N) is 1. The molecule has 1 heterocycles. The van der Waals surface area contributed by atoms with Crippen LogP contribution < -0.4 is 11.1 Å². The number of hydrogen-bond acceptors (Lipinski definition) is 3. The summed E-state index contributed by atoms with van der Waals surface area (Å²) in [4.78, 5) is 12.2. The first-order valence-corrected chi connectivity index (χ1v) is 6.21. The third-order valence-electron chi connectivity index (χ3n) is 3.03. The summed E-state index contributed by atoms with van der Waals surface area (Å²) in [5.74, 6) is 1.10. The molecule has 100 valence electrons. The number of halogens is 1. The molecule has 4 nitrogen and oxygen atoms in total. The van der Waals surface area contributed by atoms with Crippen LogP contribution in [0.15, 0.2) is 22.6 Å². The van der Waals surface area contributed by atoms with Gasteiger partial charge in [-0.3, -0.25) is 4.79 Å². The normalized spacial score (nSPS) is 10.5. The summed E-state index contributed by atoms with van der Waals surface area (Å²) < 4.78 is 5.44. The molecule has 0 aliphatic carbocycles. The molecule has 3 N–H and O–H groups in total. The summed E-state index contributed by atoms with van der Waals surface area (Å²) >= 11 is 6.03. The SMILES string of the molecule is Cc1oc(C)c(C(=O)Nc2ccc(N)cc2Cl)c1C. The van der Waals surface area contributed by atoms with E-state index in [-0.39, 0.29) is 5.91 Å². The smallest absolute Gasteiger partial charge is 0.259 e. The predicted octanol–water partition coefficient (Wildman–Crippen LogP) is 3.69. The molecule has 19 heavy (non-hydrogen) atoms. The van der Waals surface area contributed by atoms with E-state index in [0.29, 0.717) is 27.7 Å². The fraction of sp³-hybridized carbons (Fsp3) is 0.214. The van der Waals surface area contributed by atoms with Gasteiger partial charge >= 0.3 is 0 Å². The Balaban J connectivity index is 2.31. The van der Waals surface area contributed by atoms with Crippen molar-refractivity contribution in [1.29, 1.82) is 0 Å². The highest BCUT2D eigenvalue weighted by Crippen LogP contribution is 2.26. The zero-order chi connectivity index (χ0) is 14.2. The Labute approximate surface area is 116 Å². The van der Waals surface area contributed by atoms with Crippen molar-refractivity contribution in [2.24, 2.45) is 0 Å². The standard InChI is InChI=1S/C14H15ClN2O2/c1-7-8(2)19-9(3)13(7)14(18)17-12-5-4-10(16)6-11(12)15/h4-6H,16H2,1-3H3,(H,17,18). The summed E-state index contributed by atoms with van der Waals surface area (Å²) in [5.41, 5.74) is 8.07. The van der Waals surface area contributed by atoms with Crippen LogP contribution in [0.5, 0.6) is 0 Å². The lowest BCUT2D eigenvalue weighted by molar-refractivity contribution is 0.102. The molecule has 5 heteroatoms.